The molecule has 1 heterocycles. The Bertz CT molecular complexity index is 762. The van der Waals surface area contributed by atoms with Gasteiger partial charge in [0.1, 0.15) is 0 Å². The van der Waals surface area contributed by atoms with Gasteiger partial charge < -0.3 is 4.90 Å². The van der Waals surface area contributed by atoms with Gasteiger partial charge in [-0.1, -0.05) is 35.9 Å². The minimum Gasteiger partial charge on any atom is -0.336 e. The van der Waals surface area contributed by atoms with Crippen LogP contribution in [0.1, 0.15) is 21.5 Å². The summed E-state index contributed by atoms with van der Waals surface area (Å²) in [4.78, 5) is 16.6. The first-order valence-electron chi connectivity index (χ1n) is 7.92. The Morgan fingerprint density at radius 2 is 1.79 bits per heavy atom. The number of benzene rings is 2. The van der Waals surface area contributed by atoms with Gasteiger partial charge in [-0.25, -0.2) is 0 Å². The van der Waals surface area contributed by atoms with Crippen LogP contribution < -0.4 is 0 Å². The van der Waals surface area contributed by atoms with E-state index in [1.165, 1.54) is 0 Å². The van der Waals surface area contributed by atoms with Crippen molar-refractivity contribution in [2.45, 2.75) is 6.54 Å². The number of nitrogens with zero attached hydrogens (tertiary/aromatic N) is 3. The van der Waals surface area contributed by atoms with Crippen molar-refractivity contribution in [3.8, 4) is 6.07 Å². The van der Waals surface area contributed by atoms with Crippen molar-refractivity contribution in [3.05, 3.63) is 70.2 Å². The zero-order valence-electron chi connectivity index (χ0n) is 13.3. The molecule has 1 aliphatic heterocycles. The number of hydrogen-bond donors (Lipinski definition) is 0. The van der Waals surface area contributed by atoms with E-state index in [1.807, 2.05) is 41.3 Å². The van der Waals surface area contributed by atoms with Gasteiger partial charge in [-0.2, -0.15) is 5.26 Å². The highest BCUT2D eigenvalue weighted by Crippen LogP contribution is 2.20. The number of hydrogen-bond acceptors (Lipinski definition) is 3. The molecular formula is C19H18ClN3O. The predicted molar refractivity (Wildman–Crippen MR) is 93.8 cm³/mol. The van der Waals surface area contributed by atoms with Gasteiger partial charge in [0.15, 0.2) is 0 Å². The lowest BCUT2D eigenvalue weighted by Gasteiger charge is -2.35. The van der Waals surface area contributed by atoms with Gasteiger partial charge in [0, 0.05) is 43.3 Å². The molecule has 0 bridgehead atoms. The molecule has 2 aromatic carbocycles. The number of carbonyl (C=O) groups is 1. The summed E-state index contributed by atoms with van der Waals surface area (Å²) in [6.07, 6.45) is 0. The average Bonchev–Trinajstić information content (AvgIpc) is 2.64. The van der Waals surface area contributed by atoms with Gasteiger partial charge in [0.2, 0.25) is 0 Å². The molecule has 24 heavy (non-hydrogen) atoms. The van der Waals surface area contributed by atoms with Crippen LogP contribution in [0.2, 0.25) is 5.02 Å². The van der Waals surface area contributed by atoms with E-state index in [-0.39, 0.29) is 5.91 Å². The van der Waals surface area contributed by atoms with E-state index >= 15 is 0 Å². The molecule has 3 rings (SSSR count). The van der Waals surface area contributed by atoms with E-state index in [0.717, 1.165) is 30.8 Å². The smallest absolute Gasteiger partial charge is 0.253 e. The van der Waals surface area contributed by atoms with Crippen LogP contribution in [0, 0.1) is 11.3 Å². The highest BCUT2D eigenvalue weighted by Gasteiger charge is 2.22. The summed E-state index contributed by atoms with van der Waals surface area (Å²) in [7, 11) is 0. The average molecular weight is 340 g/mol. The predicted octanol–water partition coefficient (Wildman–Crippen LogP) is 3.17. The van der Waals surface area contributed by atoms with E-state index in [9.17, 15) is 4.79 Å². The third kappa shape index (κ3) is 3.76. The molecule has 122 valence electrons. The lowest BCUT2D eigenvalue weighted by molar-refractivity contribution is 0.0628. The largest absolute Gasteiger partial charge is 0.336 e. The lowest BCUT2D eigenvalue weighted by Crippen LogP contribution is -2.48. The van der Waals surface area contributed by atoms with Crippen molar-refractivity contribution in [3.63, 3.8) is 0 Å². The van der Waals surface area contributed by atoms with E-state index in [4.69, 9.17) is 16.9 Å². The SMILES string of the molecule is N#Cc1ccc(CN2CCN(C(=O)c3ccccc3)CC2)c(Cl)c1. The fourth-order valence-electron chi connectivity index (χ4n) is 2.86. The molecule has 1 amide bonds. The van der Waals surface area contributed by atoms with Crippen molar-refractivity contribution >= 4 is 17.5 Å². The zero-order valence-corrected chi connectivity index (χ0v) is 14.0. The fourth-order valence-corrected chi connectivity index (χ4v) is 3.10. The summed E-state index contributed by atoms with van der Waals surface area (Å²) in [5.74, 6) is 0.0895. The second-order valence-electron chi connectivity index (χ2n) is 5.85. The van der Waals surface area contributed by atoms with Crippen molar-refractivity contribution in [2.75, 3.05) is 26.2 Å². The van der Waals surface area contributed by atoms with Crippen LogP contribution in [0.4, 0.5) is 0 Å². The molecule has 0 atom stereocenters. The highest BCUT2D eigenvalue weighted by atomic mass is 35.5. The van der Waals surface area contributed by atoms with E-state index in [2.05, 4.69) is 11.0 Å². The van der Waals surface area contributed by atoms with Crippen LogP contribution in [0.3, 0.4) is 0 Å². The van der Waals surface area contributed by atoms with Gasteiger partial charge in [-0.15, -0.1) is 0 Å². The summed E-state index contributed by atoms with van der Waals surface area (Å²) in [6, 6.07) is 16.9. The standard InChI is InChI=1S/C19H18ClN3O/c20-18-12-15(13-21)6-7-17(18)14-22-8-10-23(11-9-22)19(24)16-4-2-1-3-5-16/h1-7,12H,8-11,14H2. The molecule has 4 nitrogen and oxygen atoms in total. The maximum atomic E-state index is 12.4. The first-order chi connectivity index (χ1) is 11.7. The summed E-state index contributed by atoms with van der Waals surface area (Å²) < 4.78 is 0. The van der Waals surface area contributed by atoms with Crippen LogP contribution in [-0.4, -0.2) is 41.9 Å². The topological polar surface area (TPSA) is 47.3 Å². The van der Waals surface area contributed by atoms with E-state index in [1.54, 1.807) is 12.1 Å². The summed E-state index contributed by atoms with van der Waals surface area (Å²) in [5.41, 5.74) is 2.32. The molecular weight excluding hydrogens is 322 g/mol. The van der Waals surface area contributed by atoms with Crippen LogP contribution in [-0.2, 0) is 6.54 Å². The van der Waals surface area contributed by atoms with Crippen molar-refractivity contribution in [1.29, 1.82) is 5.26 Å². The Labute approximate surface area is 146 Å². The monoisotopic (exact) mass is 339 g/mol. The molecule has 0 unspecified atom stereocenters. The third-order valence-corrected chi connectivity index (χ3v) is 4.61. The van der Waals surface area contributed by atoms with Crippen molar-refractivity contribution in [2.24, 2.45) is 0 Å². The molecule has 0 N–H and O–H groups in total. The molecule has 0 aliphatic carbocycles. The molecule has 0 radical (unpaired) electrons. The van der Waals surface area contributed by atoms with Crippen LogP contribution in [0.25, 0.3) is 0 Å². The van der Waals surface area contributed by atoms with Crippen LogP contribution in [0.15, 0.2) is 48.5 Å². The van der Waals surface area contributed by atoms with Gasteiger partial charge >= 0.3 is 0 Å². The molecule has 1 saturated heterocycles. The Morgan fingerprint density at radius 3 is 2.42 bits per heavy atom. The Morgan fingerprint density at radius 1 is 1.08 bits per heavy atom. The quantitative estimate of drug-likeness (QED) is 0.863. The first kappa shape index (κ1) is 16.5. The molecule has 1 fully saturated rings. The highest BCUT2D eigenvalue weighted by molar-refractivity contribution is 6.31. The molecule has 0 saturated carbocycles. The lowest BCUT2D eigenvalue weighted by atomic mass is 10.1. The number of amides is 1. The minimum absolute atomic E-state index is 0.0895. The number of carbonyl (C=O) groups excluding carboxylic acids is 1. The maximum absolute atomic E-state index is 12.4. The Balaban J connectivity index is 1.58. The van der Waals surface area contributed by atoms with E-state index in [0.29, 0.717) is 23.7 Å². The number of rotatable bonds is 3. The second kappa shape index (κ2) is 7.48. The summed E-state index contributed by atoms with van der Waals surface area (Å²) in [6.45, 7) is 3.78. The van der Waals surface area contributed by atoms with Gasteiger partial charge in [-0.3, -0.25) is 9.69 Å². The minimum atomic E-state index is 0.0895. The third-order valence-electron chi connectivity index (χ3n) is 4.26. The maximum Gasteiger partial charge on any atom is 0.253 e. The van der Waals surface area contributed by atoms with Crippen molar-refractivity contribution < 1.29 is 4.79 Å². The molecule has 2 aromatic rings. The second-order valence-corrected chi connectivity index (χ2v) is 6.26. The van der Waals surface area contributed by atoms with Gasteiger partial charge in [-0.05, 0) is 29.8 Å². The van der Waals surface area contributed by atoms with Crippen LogP contribution in [0.5, 0.6) is 0 Å². The van der Waals surface area contributed by atoms with Crippen molar-refractivity contribution in [1.82, 2.24) is 9.80 Å². The molecule has 1 aliphatic rings. The number of halogens is 1. The van der Waals surface area contributed by atoms with Gasteiger partial charge in [0.25, 0.3) is 5.91 Å². The summed E-state index contributed by atoms with van der Waals surface area (Å²) >= 11 is 6.24. The van der Waals surface area contributed by atoms with Gasteiger partial charge in [0.05, 0.1) is 11.6 Å². The fraction of sp³-hybridized carbons (Fsp3) is 0.263. The van der Waals surface area contributed by atoms with E-state index < -0.39 is 0 Å². The molecule has 0 aromatic heterocycles. The first-order valence-corrected chi connectivity index (χ1v) is 8.30. The Hall–Kier alpha value is -2.35. The number of piperazine rings is 1. The summed E-state index contributed by atoms with van der Waals surface area (Å²) in [5, 5.41) is 9.52. The van der Waals surface area contributed by atoms with Crippen LogP contribution >= 0.6 is 11.6 Å². The molecule has 0 spiro atoms. The Kier molecular flexibility index (Phi) is 5.14. The molecule has 5 heteroatoms. The number of nitriles is 1. The normalized spacial score (nSPS) is 15.1. The zero-order chi connectivity index (χ0) is 16.9.